The topological polar surface area (TPSA) is 61.8 Å². The number of hydrazine groups is 1. The Balaban J connectivity index is 1.76. The first-order valence-electron chi connectivity index (χ1n) is 9.59. The fourth-order valence-corrected chi connectivity index (χ4v) is 3.16. The summed E-state index contributed by atoms with van der Waals surface area (Å²) in [4.78, 5) is 12.7. The quantitative estimate of drug-likeness (QED) is 0.636. The molecule has 0 aromatic heterocycles. The van der Waals surface area contributed by atoms with E-state index in [1.54, 1.807) is 6.07 Å². The molecule has 1 amide bonds. The number of nitrogens with zero attached hydrogens (tertiary/aromatic N) is 1. The summed E-state index contributed by atoms with van der Waals surface area (Å²) >= 11 is 0. The third-order valence-electron chi connectivity index (χ3n) is 4.98. The zero-order chi connectivity index (χ0) is 22.8. The first kappa shape index (κ1) is 22.6. The van der Waals surface area contributed by atoms with E-state index in [1.165, 1.54) is 18.2 Å². The molecule has 0 saturated carbocycles. The van der Waals surface area contributed by atoms with Crippen LogP contribution in [0.5, 0.6) is 5.75 Å². The van der Waals surface area contributed by atoms with E-state index in [9.17, 15) is 27.5 Å². The second-order valence-electron chi connectivity index (χ2n) is 7.56. The number of nitrogens with one attached hydrogen (secondary N) is 1. The molecule has 0 radical (unpaired) electrons. The molecule has 1 aliphatic heterocycles. The summed E-state index contributed by atoms with van der Waals surface area (Å²) in [6.45, 7) is 4.24. The highest BCUT2D eigenvalue weighted by molar-refractivity contribution is 5.95. The minimum absolute atomic E-state index is 0.0663. The summed E-state index contributed by atoms with van der Waals surface area (Å²) in [6.07, 6.45) is -6.84. The number of ether oxygens (including phenoxy) is 1. The molecule has 166 valence electrons. The predicted molar refractivity (Wildman–Crippen MR) is 105 cm³/mol. The van der Waals surface area contributed by atoms with Crippen LogP contribution in [-0.2, 0) is 6.61 Å². The molecule has 2 aromatic carbocycles. The molecule has 9 heteroatoms. The van der Waals surface area contributed by atoms with Crippen LogP contribution in [0.3, 0.4) is 0 Å². The van der Waals surface area contributed by atoms with Crippen LogP contribution < -0.4 is 10.2 Å². The smallest absolute Gasteiger partial charge is 0.291 e. The summed E-state index contributed by atoms with van der Waals surface area (Å²) in [6, 6.07) is 13.4. The van der Waals surface area contributed by atoms with Crippen molar-refractivity contribution in [3.05, 3.63) is 77.0 Å². The van der Waals surface area contributed by atoms with Gasteiger partial charge in [0.1, 0.15) is 18.1 Å². The Morgan fingerprint density at radius 2 is 1.87 bits per heavy atom. The summed E-state index contributed by atoms with van der Waals surface area (Å²) in [5.41, 5.74) is -0.458. The molecule has 0 spiro atoms. The van der Waals surface area contributed by atoms with Gasteiger partial charge in [-0.05, 0) is 41.3 Å². The Morgan fingerprint density at radius 1 is 1.19 bits per heavy atom. The number of carbonyl (C=O) groups excluding carboxylic acids is 1. The molecule has 2 N–H and O–H groups in total. The maximum atomic E-state index is 13.4. The van der Waals surface area contributed by atoms with E-state index in [2.05, 4.69) is 13.8 Å². The fraction of sp³-hybridized carbons (Fsp3) is 0.318. The van der Waals surface area contributed by atoms with Crippen molar-refractivity contribution in [3.8, 4) is 5.75 Å². The molecule has 1 atom stereocenters. The lowest BCUT2D eigenvalue weighted by atomic mass is 10.0. The van der Waals surface area contributed by atoms with E-state index in [1.807, 2.05) is 29.7 Å². The number of aliphatic hydroxyl groups is 1. The number of amides is 1. The lowest BCUT2D eigenvalue weighted by Crippen LogP contribution is -2.55. The summed E-state index contributed by atoms with van der Waals surface area (Å²) in [7, 11) is 0. The minimum atomic E-state index is -3.46. The predicted octanol–water partition coefficient (Wildman–Crippen LogP) is 4.80. The highest BCUT2D eigenvalue weighted by Crippen LogP contribution is 2.35. The van der Waals surface area contributed by atoms with Gasteiger partial charge in [-0.3, -0.25) is 10.2 Å². The van der Waals surface area contributed by atoms with Gasteiger partial charge in [0.25, 0.3) is 18.4 Å². The van der Waals surface area contributed by atoms with Crippen LogP contribution in [-0.4, -0.2) is 28.2 Å². The van der Waals surface area contributed by atoms with Gasteiger partial charge in [-0.2, -0.15) is 8.78 Å². The van der Waals surface area contributed by atoms with E-state index >= 15 is 0 Å². The normalized spacial score (nSPS) is 18.5. The molecular formula is C22H22F4N2O3. The van der Waals surface area contributed by atoms with Crippen LogP contribution in [0.2, 0.25) is 0 Å². The first-order chi connectivity index (χ1) is 14.6. The van der Waals surface area contributed by atoms with Crippen molar-refractivity contribution in [1.82, 2.24) is 10.4 Å². The van der Waals surface area contributed by atoms with Gasteiger partial charge in [-0.25, -0.2) is 13.8 Å². The lowest BCUT2D eigenvalue weighted by Gasteiger charge is -2.31. The Bertz CT molecular complexity index is 975. The van der Waals surface area contributed by atoms with Crippen molar-refractivity contribution >= 4 is 5.91 Å². The van der Waals surface area contributed by atoms with Gasteiger partial charge in [0.2, 0.25) is 5.72 Å². The number of hydrogen-bond donors (Lipinski definition) is 2. The van der Waals surface area contributed by atoms with Crippen molar-refractivity contribution < 1.29 is 32.2 Å². The number of carbonyl (C=O) groups is 1. The average Bonchev–Trinajstić information content (AvgIpc) is 3.11. The van der Waals surface area contributed by atoms with Crippen LogP contribution in [0.1, 0.15) is 47.7 Å². The molecule has 31 heavy (non-hydrogen) atoms. The van der Waals surface area contributed by atoms with Gasteiger partial charge in [0.05, 0.1) is 6.42 Å². The van der Waals surface area contributed by atoms with Gasteiger partial charge in [-0.15, -0.1) is 0 Å². The molecule has 1 heterocycles. The molecule has 5 nitrogen and oxygen atoms in total. The van der Waals surface area contributed by atoms with Crippen molar-refractivity contribution in [3.63, 3.8) is 0 Å². The van der Waals surface area contributed by atoms with E-state index in [0.29, 0.717) is 17.2 Å². The van der Waals surface area contributed by atoms with Gasteiger partial charge in [0, 0.05) is 5.56 Å². The van der Waals surface area contributed by atoms with Crippen LogP contribution in [0.15, 0.2) is 60.3 Å². The Morgan fingerprint density at radius 3 is 2.45 bits per heavy atom. The molecule has 0 aliphatic carbocycles. The standard InChI is InChI=1S/C22H22F4N2O3/c1-13(2)15-6-8-17(9-7-15)31-12-14-4-3-5-16(10-14)20(29)28-22(30,21(25)26)11-18(27-28)19(23)24/h3-10,13,21,27,30H,11-12H2,1-2H3. The largest absolute Gasteiger partial charge is 0.489 e. The monoisotopic (exact) mass is 438 g/mol. The van der Waals surface area contributed by atoms with Gasteiger partial charge < -0.3 is 9.84 Å². The number of halogens is 4. The number of benzene rings is 2. The van der Waals surface area contributed by atoms with Gasteiger partial charge >= 0.3 is 0 Å². The van der Waals surface area contributed by atoms with Crippen LogP contribution in [0.4, 0.5) is 17.6 Å². The lowest BCUT2D eigenvalue weighted by molar-refractivity contribution is -0.168. The zero-order valence-corrected chi connectivity index (χ0v) is 16.9. The van der Waals surface area contributed by atoms with Crippen molar-refractivity contribution in [2.75, 3.05) is 0 Å². The Kier molecular flexibility index (Phi) is 6.54. The van der Waals surface area contributed by atoms with Crippen LogP contribution in [0.25, 0.3) is 0 Å². The van der Waals surface area contributed by atoms with Crippen LogP contribution in [0, 0.1) is 0 Å². The molecule has 1 saturated heterocycles. The second kappa shape index (κ2) is 8.97. The molecule has 1 unspecified atom stereocenters. The number of rotatable bonds is 6. The average molecular weight is 438 g/mol. The second-order valence-corrected chi connectivity index (χ2v) is 7.56. The molecule has 1 aliphatic rings. The van der Waals surface area contributed by atoms with Crippen LogP contribution >= 0.6 is 0 Å². The third-order valence-corrected chi connectivity index (χ3v) is 4.98. The Labute approximate surface area is 176 Å². The molecule has 2 aromatic rings. The SMILES string of the molecule is CC(C)c1ccc(OCc2cccc(C(=O)N3NC(=C(F)F)CC3(O)C(F)F)c2)cc1. The highest BCUT2D eigenvalue weighted by atomic mass is 19.3. The highest BCUT2D eigenvalue weighted by Gasteiger charge is 2.53. The van der Waals surface area contributed by atoms with E-state index in [0.717, 1.165) is 5.56 Å². The summed E-state index contributed by atoms with van der Waals surface area (Å²) in [5.74, 6) is -0.0751. The zero-order valence-electron chi connectivity index (χ0n) is 16.9. The Hall–Kier alpha value is -3.07. The maximum absolute atomic E-state index is 13.4. The van der Waals surface area contributed by atoms with E-state index in [4.69, 9.17) is 4.74 Å². The molecular weight excluding hydrogens is 416 g/mol. The third kappa shape index (κ3) is 4.82. The summed E-state index contributed by atoms with van der Waals surface area (Å²) in [5, 5.41) is 10.3. The molecule has 1 fully saturated rings. The van der Waals surface area contributed by atoms with Crippen molar-refractivity contribution in [2.24, 2.45) is 0 Å². The number of alkyl halides is 2. The summed E-state index contributed by atoms with van der Waals surface area (Å²) < 4.78 is 58.2. The van der Waals surface area contributed by atoms with E-state index in [-0.39, 0.29) is 17.2 Å². The van der Waals surface area contributed by atoms with Crippen molar-refractivity contribution in [1.29, 1.82) is 0 Å². The minimum Gasteiger partial charge on any atom is -0.489 e. The first-order valence-corrected chi connectivity index (χ1v) is 9.59. The molecule has 3 rings (SSSR count). The van der Waals surface area contributed by atoms with Crippen molar-refractivity contribution in [2.45, 2.75) is 44.9 Å². The van der Waals surface area contributed by atoms with Gasteiger partial charge in [-0.1, -0.05) is 38.1 Å². The fourth-order valence-electron chi connectivity index (χ4n) is 3.16. The van der Waals surface area contributed by atoms with E-state index < -0.39 is 36.3 Å². The number of hydrogen-bond acceptors (Lipinski definition) is 4. The maximum Gasteiger partial charge on any atom is 0.291 e. The van der Waals surface area contributed by atoms with Gasteiger partial charge in [0.15, 0.2) is 0 Å². The molecule has 0 bridgehead atoms.